The maximum absolute atomic E-state index is 11.7. The Hall–Kier alpha value is -1.11. The van der Waals surface area contributed by atoms with Gasteiger partial charge in [-0.15, -0.1) is 0 Å². The molecule has 0 bridgehead atoms. The number of thioether (sulfide) groups is 1. The third kappa shape index (κ3) is 2.66. The molecule has 1 unspecified atom stereocenters. The van der Waals surface area contributed by atoms with Crippen molar-refractivity contribution in [2.24, 2.45) is 0 Å². The molecule has 98 valence electrons. The van der Waals surface area contributed by atoms with Crippen LogP contribution in [0.3, 0.4) is 0 Å². The Morgan fingerprint density at radius 1 is 1.33 bits per heavy atom. The Kier molecular flexibility index (Phi) is 3.61. The highest BCUT2D eigenvalue weighted by molar-refractivity contribution is 8.05. The van der Waals surface area contributed by atoms with Gasteiger partial charge in [-0.3, -0.25) is 14.9 Å². The molecule has 0 saturated carbocycles. The average Bonchev–Trinajstić information content (AvgIpc) is 2.63. The number of likely N-dealkylation sites (N-methyl/N-ethyl adjacent to an activating group) is 1. The Morgan fingerprint density at radius 2 is 2.00 bits per heavy atom. The fraction of sp³-hybridized carbons (Fsp3) is 0.500. The highest BCUT2D eigenvalue weighted by Gasteiger charge is 2.40. The molecule has 0 aromatic carbocycles. The molecule has 0 aromatic heterocycles. The van der Waals surface area contributed by atoms with Gasteiger partial charge in [0.25, 0.3) is 0 Å². The van der Waals surface area contributed by atoms with Crippen LogP contribution in [0, 0.1) is 0 Å². The molecule has 1 heterocycles. The molecule has 18 heavy (non-hydrogen) atoms. The van der Waals surface area contributed by atoms with E-state index in [4.69, 9.17) is 0 Å². The maximum atomic E-state index is 11.7. The van der Waals surface area contributed by atoms with E-state index in [0.717, 1.165) is 13.1 Å². The van der Waals surface area contributed by atoms with Crippen LogP contribution >= 0.6 is 11.8 Å². The van der Waals surface area contributed by atoms with E-state index in [9.17, 15) is 9.59 Å². The second kappa shape index (κ2) is 4.87. The van der Waals surface area contributed by atoms with Gasteiger partial charge in [0.1, 0.15) is 10.7 Å². The van der Waals surface area contributed by atoms with Crippen LogP contribution in [0.25, 0.3) is 0 Å². The second-order valence-corrected chi connectivity index (χ2v) is 6.19. The normalized spacial score (nSPS) is 26.9. The first-order chi connectivity index (χ1) is 8.41. The van der Waals surface area contributed by atoms with Crippen LogP contribution < -0.4 is 10.6 Å². The quantitative estimate of drug-likeness (QED) is 0.703. The predicted octanol–water partition coefficient (Wildman–Crippen LogP) is 0.0673. The molecule has 1 atom stereocenters. The Bertz CT molecular complexity index is 424. The molecule has 2 rings (SSSR count). The van der Waals surface area contributed by atoms with Crippen molar-refractivity contribution in [1.29, 1.82) is 0 Å². The Morgan fingerprint density at radius 3 is 2.61 bits per heavy atom. The van der Waals surface area contributed by atoms with Crippen LogP contribution in [0.4, 0.5) is 0 Å². The van der Waals surface area contributed by atoms with E-state index in [1.165, 1.54) is 23.9 Å². The van der Waals surface area contributed by atoms with Gasteiger partial charge in [0.05, 0.1) is 4.91 Å². The van der Waals surface area contributed by atoms with E-state index >= 15 is 0 Å². The molecule has 0 spiro atoms. The Labute approximate surface area is 111 Å². The lowest BCUT2D eigenvalue weighted by molar-refractivity contribution is -0.115. The largest absolute Gasteiger partial charge is 0.355 e. The zero-order valence-electron chi connectivity index (χ0n) is 10.7. The van der Waals surface area contributed by atoms with Crippen LogP contribution in [0.1, 0.15) is 6.92 Å². The minimum Gasteiger partial charge on any atom is -0.355 e. The van der Waals surface area contributed by atoms with E-state index in [-0.39, 0.29) is 11.6 Å². The van der Waals surface area contributed by atoms with Crippen LogP contribution in [0.15, 0.2) is 22.8 Å². The van der Waals surface area contributed by atoms with Crippen LogP contribution in [0.5, 0.6) is 0 Å². The van der Waals surface area contributed by atoms with E-state index < -0.39 is 4.99 Å². The Balaban J connectivity index is 2.01. The molecule has 1 aliphatic carbocycles. The smallest absolute Gasteiger partial charge is 0.203 e. The molecule has 0 fully saturated rings. The van der Waals surface area contributed by atoms with Crippen LogP contribution in [0.2, 0.25) is 0 Å². The summed E-state index contributed by atoms with van der Waals surface area (Å²) >= 11 is 1.38. The molecule has 5 nitrogen and oxygen atoms in total. The summed E-state index contributed by atoms with van der Waals surface area (Å²) in [6.07, 6.45) is 2.65. The summed E-state index contributed by atoms with van der Waals surface area (Å²) in [5.41, 5.74) is 0.423. The van der Waals surface area contributed by atoms with Gasteiger partial charge in [-0.25, -0.2) is 0 Å². The SMILES string of the molecule is CN(C)CCNC1(C)NC2=C(S1)C(=O)C=CC2=O. The number of hydrogen-bond acceptors (Lipinski definition) is 6. The van der Waals surface area contributed by atoms with Gasteiger partial charge >= 0.3 is 0 Å². The lowest BCUT2D eigenvalue weighted by atomic mass is 10.1. The number of hydrogen-bond donors (Lipinski definition) is 2. The second-order valence-electron chi connectivity index (χ2n) is 4.76. The van der Waals surface area contributed by atoms with Crippen LogP contribution in [-0.4, -0.2) is 48.6 Å². The standard InChI is InChI=1S/C12H17N3O2S/c1-12(13-6-7-15(2)3)14-10-8(16)4-5-9(17)11(10)18-12/h4-5,13-14H,6-7H2,1-3H3. The summed E-state index contributed by atoms with van der Waals surface area (Å²) in [6, 6.07) is 0. The minimum atomic E-state index is -0.488. The van der Waals surface area contributed by atoms with Crippen molar-refractivity contribution in [2.45, 2.75) is 11.9 Å². The highest BCUT2D eigenvalue weighted by Crippen LogP contribution is 2.39. The van der Waals surface area contributed by atoms with Crippen molar-refractivity contribution >= 4 is 23.3 Å². The number of carbonyl (C=O) groups excluding carboxylic acids is 2. The third-order valence-corrected chi connectivity index (χ3v) is 4.04. The monoisotopic (exact) mass is 267 g/mol. The van der Waals surface area contributed by atoms with Gasteiger partial charge in [-0.05, 0) is 33.2 Å². The fourth-order valence-electron chi connectivity index (χ4n) is 1.83. The van der Waals surface area contributed by atoms with E-state index in [0.29, 0.717) is 10.6 Å². The average molecular weight is 267 g/mol. The van der Waals surface area contributed by atoms with Crippen molar-refractivity contribution in [3.8, 4) is 0 Å². The lowest BCUT2D eigenvalue weighted by Gasteiger charge is -2.27. The van der Waals surface area contributed by atoms with Crippen molar-refractivity contribution in [3.05, 3.63) is 22.8 Å². The van der Waals surface area contributed by atoms with Gasteiger partial charge in [0.2, 0.25) is 5.78 Å². The number of carbonyl (C=O) groups is 2. The number of nitrogens with zero attached hydrogens (tertiary/aromatic N) is 1. The molecule has 0 aromatic rings. The van der Waals surface area contributed by atoms with Crippen molar-refractivity contribution < 1.29 is 9.59 Å². The zero-order valence-corrected chi connectivity index (χ0v) is 11.6. The van der Waals surface area contributed by atoms with Gasteiger partial charge in [0, 0.05) is 13.1 Å². The molecule has 2 N–H and O–H groups in total. The summed E-state index contributed by atoms with van der Waals surface area (Å²) < 4.78 is 0. The van der Waals surface area contributed by atoms with E-state index in [1.807, 2.05) is 21.0 Å². The molecule has 6 heteroatoms. The van der Waals surface area contributed by atoms with Gasteiger partial charge in [-0.2, -0.15) is 0 Å². The zero-order chi connectivity index (χ0) is 13.3. The summed E-state index contributed by atoms with van der Waals surface area (Å²) in [7, 11) is 4.00. The van der Waals surface area contributed by atoms with Crippen molar-refractivity contribution in [3.63, 3.8) is 0 Å². The summed E-state index contributed by atoms with van der Waals surface area (Å²) in [5, 5.41) is 6.44. The lowest BCUT2D eigenvalue weighted by Crippen LogP contribution is -2.50. The number of nitrogens with one attached hydrogen (secondary N) is 2. The summed E-state index contributed by atoms with van der Waals surface area (Å²) in [4.78, 5) is 25.5. The molecular weight excluding hydrogens is 250 g/mol. The summed E-state index contributed by atoms with van der Waals surface area (Å²) in [6.45, 7) is 3.61. The first-order valence-corrected chi connectivity index (χ1v) is 6.61. The fourth-order valence-corrected chi connectivity index (χ4v) is 2.99. The van der Waals surface area contributed by atoms with Crippen molar-refractivity contribution in [2.75, 3.05) is 27.2 Å². The number of ketones is 2. The summed E-state index contributed by atoms with van der Waals surface area (Å²) in [5.74, 6) is -0.226. The number of allylic oxidation sites excluding steroid dienone is 3. The topological polar surface area (TPSA) is 61.4 Å². The first-order valence-electron chi connectivity index (χ1n) is 5.79. The molecule has 1 aliphatic heterocycles. The molecule has 0 amide bonds. The van der Waals surface area contributed by atoms with Gasteiger partial charge in [0.15, 0.2) is 5.78 Å². The third-order valence-electron chi connectivity index (χ3n) is 2.77. The molecule has 2 aliphatic rings. The molecule has 0 radical (unpaired) electrons. The maximum Gasteiger partial charge on any atom is 0.203 e. The predicted molar refractivity (Wildman–Crippen MR) is 71.9 cm³/mol. The highest BCUT2D eigenvalue weighted by atomic mass is 32.2. The first kappa shape index (κ1) is 13.3. The minimum absolute atomic E-state index is 0.0970. The van der Waals surface area contributed by atoms with Crippen molar-refractivity contribution in [1.82, 2.24) is 15.5 Å². The molecule has 0 saturated heterocycles. The molecular formula is C12H17N3O2S. The van der Waals surface area contributed by atoms with E-state index in [2.05, 4.69) is 15.5 Å². The number of rotatable bonds is 4. The van der Waals surface area contributed by atoms with Gasteiger partial charge < -0.3 is 10.2 Å². The van der Waals surface area contributed by atoms with Gasteiger partial charge in [-0.1, -0.05) is 11.8 Å². The van der Waals surface area contributed by atoms with Crippen LogP contribution in [-0.2, 0) is 9.59 Å². The van der Waals surface area contributed by atoms with E-state index in [1.54, 1.807) is 0 Å².